The maximum Gasteiger partial charge on any atom is 0.307 e. The van der Waals surface area contributed by atoms with Crippen molar-refractivity contribution < 1.29 is 4.79 Å². The lowest BCUT2D eigenvalue weighted by Gasteiger charge is -2.07. The summed E-state index contributed by atoms with van der Waals surface area (Å²) in [4.78, 5) is 24.0. The van der Waals surface area contributed by atoms with E-state index in [1.54, 1.807) is 14.0 Å². The highest BCUT2D eigenvalue weighted by atomic mass is 32.1. The maximum atomic E-state index is 12.2. The zero-order valence-electron chi connectivity index (χ0n) is 11.4. The van der Waals surface area contributed by atoms with Gasteiger partial charge in [0.2, 0.25) is 0 Å². The second kappa shape index (κ2) is 5.01. The van der Waals surface area contributed by atoms with Crippen LogP contribution in [0.5, 0.6) is 0 Å². The van der Waals surface area contributed by atoms with Crippen LogP contribution in [0, 0.1) is 20.8 Å². The molecule has 2 aromatic rings. The molecule has 0 spiro atoms. The predicted octanol–water partition coefficient (Wildman–Crippen LogP) is 2.62. The average Bonchev–Trinajstić information content (AvgIpc) is 2.55. The molecule has 5 heteroatoms. The van der Waals surface area contributed by atoms with Crippen LogP contribution < -0.4 is 10.2 Å². The Morgan fingerprint density at radius 2 is 1.74 bits per heavy atom. The fourth-order valence-corrected chi connectivity index (χ4v) is 2.84. The zero-order valence-corrected chi connectivity index (χ0v) is 12.2. The molecule has 0 unspecified atom stereocenters. The van der Waals surface area contributed by atoms with Crippen molar-refractivity contribution in [3.63, 3.8) is 0 Å². The first-order chi connectivity index (χ1) is 8.88. The highest BCUT2D eigenvalue weighted by Gasteiger charge is 2.16. The molecule has 0 saturated heterocycles. The molecule has 0 saturated carbocycles. The van der Waals surface area contributed by atoms with Gasteiger partial charge in [-0.2, -0.15) is 0 Å². The minimum absolute atomic E-state index is 0.122. The molecule has 0 aliphatic rings. The summed E-state index contributed by atoms with van der Waals surface area (Å²) in [5.74, 6) is -0.231. The van der Waals surface area contributed by atoms with Gasteiger partial charge in [0.1, 0.15) is 4.88 Å². The lowest BCUT2D eigenvalue weighted by molar-refractivity contribution is 0.102. The standard InChI is InChI=1S/C14H16N2O2S/c1-8-5-9(2)7-11(6-8)15-13(17)12-10(3)16(4)14(18)19-12/h5-7H,1-4H3,(H,15,17). The lowest BCUT2D eigenvalue weighted by atomic mass is 10.1. The summed E-state index contributed by atoms with van der Waals surface area (Å²) < 4.78 is 1.49. The third-order valence-electron chi connectivity index (χ3n) is 2.98. The minimum Gasteiger partial charge on any atom is -0.321 e. The van der Waals surface area contributed by atoms with Crippen molar-refractivity contribution in [2.24, 2.45) is 7.05 Å². The zero-order chi connectivity index (χ0) is 14.2. The van der Waals surface area contributed by atoms with Gasteiger partial charge in [-0.15, -0.1) is 0 Å². The number of anilines is 1. The Balaban J connectivity index is 2.30. The van der Waals surface area contributed by atoms with Gasteiger partial charge >= 0.3 is 4.87 Å². The van der Waals surface area contributed by atoms with Crippen LogP contribution in [0.4, 0.5) is 5.69 Å². The van der Waals surface area contributed by atoms with Gasteiger partial charge < -0.3 is 9.88 Å². The summed E-state index contributed by atoms with van der Waals surface area (Å²) in [6, 6.07) is 5.86. The van der Waals surface area contributed by atoms with Gasteiger partial charge in [0.15, 0.2) is 0 Å². The first-order valence-corrected chi connectivity index (χ1v) is 6.76. The van der Waals surface area contributed by atoms with E-state index in [0.717, 1.165) is 28.2 Å². The number of carbonyl (C=O) groups excluding carboxylic acids is 1. The molecule has 1 aromatic heterocycles. The number of nitrogens with one attached hydrogen (secondary N) is 1. The summed E-state index contributed by atoms with van der Waals surface area (Å²) in [6.45, 7) is 5.73. The number of amides is 1. The van der Waals surface area contributed by atoms with Crippen molar-refractivity contribution >= 4 is 22.9 Å². The van der Waals surface area contributed by atoms with Crippen LogP contribution >= 0.6 is 11.3 Å². The summed E-state index contributed by atoms with van der Waals surface area (Å²) in [5, 5.41) is 2.84. The molecule has 2 rings (SSSR count). The van der Waals surface area contributed by atoms with Gasteiger partial charge in [-0.25, -0.2) is 0 Å². The van der Waals surface area contributed by atoms with Crippen molar-refractivity contribution in [3.8, 4) is 0 Å². The van der Waals surface area contributed by atoms with E-state index in [1.807, 2.05) is 32.0 Å². The third-order valence-corrected chi connectivity index (χ3v) is 4.11. The van der Waals surface area contributed by atoms with E-state index in [2.05, 4.69) is 5.32 Å². The van der Waals surface area contributed by atoms with E-state index in [-0.39, 0.29) is 10.8 Å². The van der Waals surface area contributed by atoms with Crippen LogP contribution in [0.25, 0.3) is 0 Å². The van der Waals surface area contributed by atoms with Gasteiger partial charge in [0, 0.05) is 18.4 Å². The van der Waals surface area contributed by atoms with Gasteiger partial charge in [-0.1, -0.05) is 17.4 Å². The Labute approximate surface area is 115 Å². The molecule has 1 heterocycles. The Hall–Kier alpha value is -1.88. The highest BCUT2D eigenvalue weighted by Crippen LogP contribution is 2.17. The summed E-state index contributed by atoms with van der Waals surface area (Å²) in [7, 11) is 1.67. The molecule has 1 N–H and O–H groups in total. The molecule has 0 aliphatic heterocycles. The van der Waals surface area contributed by atoms with E-state index in [9.17, 15) is 9.59 Å². The van der Waals surface area contributed by atoms with Gasteiger partial charge in [0.25, 0.3) is 5.91 Å². The van der Waals surface area contributed by atoms with Crippen LogP contribution in [-0.4, -0.2) is 10.5 Å². The number of aromatic nitrogens is 1. The predicted molar refractivity (Wildman–Crippen MR) is 78.2 cm³/mol. The van der Waals surface area contributed by atoms with E-state index < -0.39 is 0 Å². The first kappa shape index (κ1) is 13.5. The molecule has 4 nitrogen and oxygen atoms in total. The van der Waals surface area contributed by atoms with Crippen molar-refractivity contribution in [2.45, 2.75) is 20.8 Å². The average molecular weight is 276 g/mol. The van der Waals surface area contributed by atoms with E-state index in [1.165, 1.54) is 4.57 Å². The maximum absolute atomic E-state index is 12.2. The lowest BCUT2D eigenvalue weighted by Crippen LogP contribution is -2.13. The van der Waals surface area contributed by atoms with Crippen LogP contribution in [-0.2, 0) is 7.05 Å². The molecule has 0 fully saturated rings. The van der Waals surface area contributed by atoms with Crippen molar-refractivity contribution in [3.05, 3.63) is 49.6 Å². The number of carbonyl (C=O) groups is 1. The SMILES string of the molecule is Cc1cc(C)cc(NC(=O)c2sc(=O)n(C)c2C)c1. The smallest absolute Gasteiger partial charge is 0.307 e. The van der Waals surface area contributed by atoms with Crippen molar-refractivity contribution in [1.82, 2.24) is 4.57 Å². The monoisotopic (exact) mass is 276 g/mol. The second-order valence-electron chi connectivity index (χ2n) is 4.67. The van der Waals surface area contributed by atoms with E-state index >= 15 is 0 Å². The van der Waals surface area contributed by atoms with Gasteiger partial charge in [-0.3, -0.25) is 9.59 Å². The molecule has 1 amide bonds. The molecular weight excluding hydrogens is 260 g/mol. The Morgan fingerprint density at radius 3 is 2.21 bits per heavy atom. The Morgan fingerprint density at radius 1 is 1.16 bits per heavy atom. The molecule has 1 aromatic carbocycles. The summed E-state index contributed by atoms with van der Waals surface area (Å²) >= 11 is 0.972. The normalized spacial score (nSPS) is 10.5. The number of aryl methyl sites for hydroxylation is 2. The minimum atomic E-state index is -0.231. The van der Waals surface area contributed by atoms with Crippen molar-refractivity contribution in [2.75, 3.05) is 5.32 Å². The third kappa shape index (κ3) is 2.76. The molecule has 0 aliphatic carbocycles. The number of thiazole rings is 1. The van der Waals surface area contributed by atoms with E-state index in [0.29, 0.717) is 10.6 Å². The largest absolute Gasteiger partial charge is 0.321 e. The summed E-state index contributed by atoms with van der Waals surface area (Å²) in [5.41, 5.74) is 3.63. The van der Waals surface area contributed by atoms with Crippen LogP contribution in [0.3, 0.4) is 0 Å². The van der Waals surface area contributed by atoms with Crippen LogP contribution in [0.2, 0.25) is 0 Å². The molecule has 100 valence electrons. The summed E-state index contributed by atoms with van der Waals surface area (Å²) in [6.07, 6.45) is 0. The molecule has 0 radical (unpaired) electrons. The number of hydrogen-bond acceptors (Lipinski definition) is 3. The highest BCUT2D eigenvalue weighted by molar-refractivity contribution is 7.11. The molecule has 19 heavy (non-hydrogen) atoms. The number of hydrogen-bond donors (Lipinski definition) is 1. The van der Waals surface area contributed by atoms with Crippen LogP contribution in [0.1, 0.15) is 26.5 Å². The quantitative estimate of drug-likeness (QED) is 0.916. The fourth-order valence-electron chi connectivity index (χ4n) is 1.96. The fraction of sp³-hybridized carbons (Fsp3) is 0.286. The molecule has 0 bridgehead atoms. The van der Waals surface area contributed by atoms with Gasteiger partial charge in [0.05, 0.1) is 0 Å². The number of benzene rings is 1. The Bertz CT molecular complexity index is 678. The Kier molecular flexibility index (Phi) is 3.57. The first-order valence-electron chi connectivity index (χ1n) is 5.94. The molecular formula is C14H16N2O2S. The topological polar surface area (TPSA) is 51.1 Å². The molecule has 0 atom stereocenters. The number of rotatable bonds is 2. The number of nitrogens with zero attached hydrogens (tertiary/aromatic N) is 1. The van der Waals surface area contributed by atoms with Gasteiger partial charge in [-0.05, 0) is 44.0 Å². The van der Waals surface area contributed by atoms with E-state index in [4.69, 9.17) is 0 Å². The van der Waals surface area contributed by atoms with Crippen LogP contribution in [0.15, 0.2) is 23.0 Å². The second-order valence-corrected chi connectivity index (χ2v) is 5.63. The van der Waals surface area contributed by atoms with Crippen molar-refractivity contribution in [1.29, 1.82) is 0 Å².